The zero-order valence-electron chi connectivity index (χ0n) is 33.7. The third-order valence-electron chi connectivity index (χ3n) is 5.40. The summed E-state index contributed by atoms with van der Waals surface area (Å²) >= 11 is 0. The van der Waals surface area contributed by atoms with Crippen LogP contribution < -0.4 is 4.74 Å². The van der Waals surface area contributed by atoms with Gasteiger partial charge in [0.1, 0.15) is 0 Å². The van der Waals surface area contributed by atoms with Gasteiger partial charge in [-0.1, -0.05) is 140 Å². The predicted molar refractivity (Wildman–Crippen MR) is 212 cm³/mol. The van der Waals surface area contributed by atoms with Gasteiger partial charge in [0.05, 0.1) is 12.3 Å². The molecule has 0 fully saturated rings. The molecule has 2 rings (SSSR count). The summed E-state index contributed by atoms with van der Waals surface area (Å²) in [6.45, 7) is 43.2. The van der Waals surface area contributed by atoms with Crippen molar-refractivity contribution in [3.05, 3.63) is 77.7 Å². The van der Waals surface area contributed by atoms with Gasteiger partial charge in [-0.15, -0.1) is 0 Å². The second-order valence-corrected chi connectivity index (χ2v) is 14.7. The lowest BCUT2D eigenvalue weighted by Crippen LogP contribution is -2.00. The summed E-state index contributed by atoms with van der Waals surface area (Å²) in [7, 11) is 0. The van der Waals surface area contributed by atoms with Crippen LogP contribution in [-0.4, -0.2) is 17.3 Å². The molecule has 0 aliphatic rings. The highest BCUT2D eigenvalue weighted by atomic mass is 16.5. The molecule has 0 unspecified atom stereocenters. The number of ether oxygens (including phenoxy) is 1. The Kier molecular flexibility index (Phi) is 27.0. The van der Waals surface area contributed by atoms with Crippen LogP contribution >= 0.6 is 0 Å². The van der Waals surface area contributed by atoms with Gasteiger partial charge in [0.15, 0.2) is 0 Å². The van der Waals surface area contributed by atoms with Gasteiger partial charge < -0.3 is 4.74 Å². The van der Waals surface area contributed by atoms with Gasteiger partial charge in [0.25, 0.3) is 0 Å². The normalized spacial score (nSPS) is 11.2. The second-order valence-electron chi connectivity index (χ2n) is 14.7. The van der Waals surface area contributed by atoms with Crippen LogP contribution in [0.25, 0.3) is 16.7 Å². The van der Waals surface area contributed by atoms with E-state index in [9.17, 15) is 0 Å². The van der Waals surface area contributed by atoms with Crippen molar-refractivity contribution < 1.29 is 4.74 Å². The van der Waals surface area contributed by atoms with Crippen molar-refractivity contribution in [1.82, 2.24) is 4.98 Å². The van der Waals surface area contributed by atoms with Gasteiger partial charge in [-0.25, -0.2) is 4.98 Å². The summed E-state index contributed by atoms with van der Waals surface area (Å²) in [5.74, 6) is 0.663. The van der Waals surface area contributed by atoms with Crippen LogP contribution in [-0.2, 0) is 0 Å². The molecule has 46 heavy (non-hydrogen) atoms. The quantitative estimate of drug-likeness (QED) is 0.214. The van der Waals surface area contributed by atoms with Gasteiger partial charge in [0, 0.05) is 29.1 Å². The van der Waals surface area contributed by atoms with E-state index < -0.39 is 0 Å². The summed E-state index contributed by atoms with van der Waals surface area (Å²) in [5.41, 5.74) is 9.61. The zero-order valence-corrected chi connectivity index (χ0v) is 33.7. The molecule has 0 spiro atoms. The van der Waals surface area contributed by atoms with E-state index in [4.69, 9.17) is 9.73 Å². The number of nitrogens with zero attached hydrogens (tertiary/aromatic N) is 2. The first-order chi connectivity index (χ1) is 21.2. The van der Waals surface area contributed by atoms with Crippen LogP contribution in [0.4, 0.5) is 0 Å². The van der Waals surface area contributed by atoms with Gasteiger partial charge in [-0.2, -0.15) is 0 Å². The molecule has 0 N–H and O–H groups in total. The molecule has 0 saturated heterocycles. The van der Waals surface area contributed by atoms with Crippen molar-refractivity contribution in [2.45, 2.75) is 150 Å². The summed E-state index contributed by atoms with van der Waals surface area (Å²) in [5, 5.41) is 0. The van der Waals surface area contributed by atoms with Crippen molar-refractivity contribution in [2.75, 3.05) is 6.61 Å². The van der Waals surface area contributed by atoms with E-state index in [0.29, 0.717) is 23.3 Å². The van der Waals surface area contributed by atoms with E-state index in [-0.39, 0.29) is 0 Å². The zero-order chi connectivity index (χ0) is 36.5. The average Bonchev–Trinajstić information content (AvgIpc) is 2.93. The first kappa shape index (κ1) is 47.5. The molecule has 0 aliphatic heterocycles. The lowest BCUT2D eigenvalue weighted by atomic mass is 9.93. The molecular formula is C43H74N2O. The summed E-state index contributed by atoms with van der Waals surface area (Å²) in [6, 6.07) is 10.5. The summed E-state index contributed by atoms with van der Waals surface area (Å²) in [6.07, 6.45) is 10.8. The topological polar surface area (TPSA) is 34.5 Å². The minimum Gasteiger partial charge on any atom is -0.478 e. The number of aryl methyl sites for hydroxylation is 1. The average molecular weight is 635 g/mol. The highest BCUT2D eigenvalue weighted by Crippen LogP contribution is 2.32. The largest absolute Gasteiger partial charge is 0.478 e. The number of pyridine rings is 1. The van der Waals surface area contributed by atoms with Crippen LogP contribution in [0.15, 0.2) is 71.5 Å². The maximum Gasteiger partial charge on any atom is 0.213 e. The maximum atomic E-state index is 5.60. The molecule has 3 heteroatoms. The van der Waals surface area contributed by atoms with E-state index in [2.05, 4.69) is 146 Å². The third-order valence-corrected chi connectivity index (χ3v) is 5.40. The maximum absolute atomic E-state index is 5.60. The number of rotatable bonds is 8. The lowest BCUT2D eigenvalue weighted by molar-refractivity contribution is 0.305. The van der Waals surface area contributed by atoms with Crippen molar-refractivity contribution in [3.8, 4) is 17.0 Å². The molecular weight excluding hydrogens is 560 g/mol. The van der Waals surface area contributed by atoms with Crippen LogP contribution in [0.3, 0.4) is 0 Å². The Morgan fingerprint density at radius 2 is 1.33 bits per heavy atom. The Bertz CT molecular complexity index is 1150. The Labute approximate surface area is 287 Å². The summed E-state index contributed by atoms with van der Waals surface area (Å²) in [4.78, 5) is 9.21. The molecule has 2 aromatic rings. The molecule has 0 radical (unpaired) electrons. The molecule has 0 saturated carbocycles. The molecule has 0 bridgehead atoms. The van der Waals surface area contributed by atoms with Crippen molar-refractivity contribution in [1.29, 1.82) is 0 Å². The number of allylic oxidation sites excluding steroid dienone is 4. The van der Waals surface area contributed by atoms with E-state index in [1.807, 2.05) is 39.1 Å². The lowest BCUT2D eigenvalue weighted by Gasteiger charge is -2.14. The molecule has 0 aliphatic carbocycles. The molecule has 0 atom stereocenters. The number of aliphatic imine (C=N–C) groups is 1. The number of hydrogen-bond donors (Lipinski definition) is 0. The highest BCUT2D eigenvalue weighted by molar-refractivity contribution is 5.88. The predicted octanol–water partition coefficient (Wildman–Crippen LogP) is 14.5. The third kappa shape index (κ3) is 27.4. The van der Waals surface area contributed by atoms with Crippen molar-refractivity contribution in [2.24, 2.45) is 15.8 Å². The van der Waals surface area contributed by atoms with Crippen LogP contribution in [0.2, 0.25) is 0 Å². The van der Waals surface area contributed by atoms with Crippen LogP contribution in [0.5, 0.6) is 5.88 Å². The van der Waals surface area contributed by atoms with E-state index in [1.165, 1.54) is 24.8 Å². The van der Waals surface area contributed by atoms with Gasteiger partial charge >= 0.3 is 0 Å². The minimum absolute atomic E-state index is 0.500. The smallest absolute Gasteiger partial charge is 0.213 e. The molecule has 262 valence electrons. The Morgan fingerprint density at radius 1 is 0.848 bits per heavy atom. The number of benzene rings is 1. The number of hydrogen-bond acceptors (Lipinski definition) is 3. The fourth-order valence-corrected chi connectivity index (χ4v) is 3.02. The van der Waals surface area contributed by atoms with Crippen molar-refractivity contribution in [3.63, 3.8) is 0 Å². The van der Waals surface area contributed by atoms with Crippen LogP contribution in [0.1, 0.15) is 155 Å². The van der Waals surface area contributed by atoms with Gasteiger partial charge in [0.2, 0.25) is 5.88 Å². The summed E-state index contributed by atoms with van der Waals surface area (Å²) < 4.78 is 5.60. The Balaban J connectivity index is -0.000000895. The highest BCUT2D eigenvalue weighted by Gasteiger charge is 2.12. The fraction of sp³-hybridized carbons (Fsp3) is 0.581. The van der Waals surface area contributed by atoms with E-state index >= 15 is 0 Å². The molecule has 1 aromatic carbocycles. The minimum atomic E-state index is 0.500. The monoisotopic (exact) mass is 635 g/mol. The fourth-order valence-electron chi connectivity index (χ4n) is 3.02. The first-order valence-corrected chi connectivity index (χ1v) is 17.5. The molecule has 0 amide bonds. The van der Waals surface area contributed by atoms with Gasteiger partial charge in [-0.05, 0) is 86.8 Å². The Hall–Kier alpha value is -2.94. The first-order valence-electron chi connectivity index (χ1n) is 17.5. The molecule has 1 aromatic heterocycles. The molecule has 3 nitrogen and oxygen atoms in total. The van der Waals surface area contributed by atoms with Crippen molar-refractivity contribution >= 4 is 11.3 Å². The molecule has 1 heterocycles. The van der Waals surface area contributed by atoms with E-state index in [1.54, 1.807) is 0 Å². The number of aromatic nitrogens is 1. The standard InChI is InChI=1S/C26H32N2O.C6H14.C5H12.2C3H8/c1-8-14-29-26-13-12-22(17-27-26)21-11-10-20(7)24(16-21)23(9-2)25(15-18(3)4)28-19(5)6;1-5-6(2,3)4;1-5(2,3)4;2*1-3-2/h9-13,15-17H,3,8,14H2,1-2,4-7H3;5H2,1-4H3;1-4H3;2*3H2,1-2H3/b23-9+,25-15-;;;;. The Morgan fingerprint density at radius 3 is 1.67 bits per heavy atom. The van der Waals surface area contributed by atoms with Gasteiger partial charge in [-0.3, -0.25) is 4.99 Å². The van der Waals surface area contributed by atoms with Crippen LogP contribution in [0, 0.1) is 17.8 Å². The van der Waals surface area contributed by atoms with E-state index in [0.717, 1.165) is 45.7 Å². The SMILES string of the molecule is C=C(C)/C=C(N=C(C)C)/C(=C/C)c1cc(-c2ccc(OCCC)nc2)ccc1C.CC(C)(C)C.CCC.CCC.CCC(C)(C)C. The second kappa shape index (κ2) is 26.2.